The highest BCUT2D eigenvalue weighted by Gasteiger charge is 2.14. The molecule has 1 heterocycles. The maximum absolute atomic E-state index is 13.6. The highest BCUT2D eigenvalue weighted by atomic mass is 19.1. The molecule has 3 aromatic rings. The number of carbonyl (C=O) groups excluding carboxylic acids is 1. The fraction of sp³-hybridized carbons (Fsp3) is 0.227. The van der Waals surface area contributed by atoms with E-state index in [0.29, 0.717) is 46.8 Å². The number of amides is 1. The average molecular weight is 396 g/mol. The summed E-state index contributed by atoms with van der Waals surface area (Å²) in [5.74, 6) is -0.114. The molecule has 2 N–H and O–H groups in total. The molecule has 0 saturated heterocycles. The molecule has 1 aromatic heterocycles. The Bertz CT molecular complexity index is 1050. The second-order valence-electron chi connectivity index (χ2n) is 6.95. The van der Waals surface area contributed by atoms with E-state index in [4.69, 9.17) is 0 Å². The monoisotopic (exact) mass is 396 g/mol. The molecule has 0 spiro atoms. The van der Waals surface area contributed by atoms with Gasteiger partial charge in [0.05, 0.1) is 5.52 Å². The molecule has 0 radical (unpaired) electrons. The molecular formula is C22H22F2N4O. The van der Waals surface area contributed by atoms with Crippen molar-refractivity contribution in [1.82, 2.24) is 9.97 Å². The summed E-state index contributed by atoms with van der Waals surface area (Å²) in [7, 11) is 0. The summed E-state index contributed by atoms with van der Waals surface area (Å²) in [6.07, 6.45) is 1.08. The number of hydrogen-bond acceptors (Lipinski definition) is 4. The summed E-state index contributed by atoms with van der Waals surface area (Å²) in [5, 5.41) is 6.45. The van der Waals surface area contributed by atoms with Gasteiger partial charge in [0, 0.05) is 22.7 Å². The Balaban J connectivity index is 1.59. The van der Waals surface area contributed by atoms with E-state index in [1.54, 1.807) is 13.0 Å². The Morgan fingerprint density at radius 1 is 1.07 bits per heavy atom. The second-order valence-corrected chi connectivity index (χ2v) is 6.95. The summed E-state index contributed by atoms with van der Waals surface area (Å²) >= 11 is 0. The molecule has 0 fully saturated rings. The summed E-state index contributed by atoms with van der Waals surface area (Å²) in [5.41, 5.74) is 1.85. The highest BCUT2D eigenvalue weighted by molar-refractivity contribution is 5.92. The molecule has 7 heteroatoms. The van der Waals surface area contributed by atoms with Crippen molar-refractivity contribution in [2.45, 2.75) is 26.7 Å². The third-order valence-corrected chi connectivity index (χ3v) is 4.50. The van der Waals surface area contributed by atoms with Gasteiger partial charge >= 0.3 is 0 Å². The first kappa shape index (κ1) is 20.4. The molecule has 3 rings (SSSR count). The smallest absolute Gasteiger partial charge is 0.227 e. The maximum atomic E-state index is 13.6. The number of aromatic nitrogens is 2. The van der Waals surface area contributed by atoms with Crippen LogP contribution in [0.4, 0.5) is 20.3 Å². The van der Waals surface area contributed by atoms with Crippen molar-refractivity contribution in [2.24, 2.45) is 5.92 Å². The van der Waals surface area contributed by atoms with E-state index in [9.17, 15) is 13.6 Å². The molecule has 0 aliphatic heterocycles. The summed E-state index contributed by atoms with van der Waals surface area (Å²) < 4.78 is 26.6. The van der Waals surface area contributed by atoms with E-state index < -0.39 is 0 Å². The Hall–Kier alpha value is -3.35. The molecule has 1 amide bonds. The van der Waals surface area contributed by atoms with Crippen molar-refractivity contribution in [3.63, 3.8) is 0 Å². The Labute approximate surface area is 167 Å². The first-order chi connectivity index (χ1) is 13.8. The van der Waals surface area contributed by atoms with Crippen LogP contribution in [0.2, 0.25) is 0 Å². The van der Waals surface area contributed by atoms with Gasteiger partial charge in [0.1, 0.15) is 23.3 Å². The van der Waals surface area contributed by atoms with Crippen LogP contribution >= 0.6 is 0 Å². The summed E-state index contributed by atoms with van der Waals surface area (Å²) in [6, 6.07) is 9.96. The van der Waals surface area contributed by atoms with Gasteiger partial charge in [0.25, 0.3) is 0 Å². The van der Waals surface area contributed by atoms with Crippen LogP contribution in [0.15, 0.2) is 54.7 Å². The number of halogens is 2. The van der Waals surface area contributed by atoms with Crippen LogP contribution in [-0.2, 0) is 4.79 Å². The van der Waals surface area contributed by atoms with Crippen LogP contribution < -0.4 is 10.6 Å². The number of carbonyl (C=O) groups is 1. The number of nitrogens with one attached hydrogen (secondary N) is 2. The molecule has 150 valence electrons. The summed E-state index contributed by atoms with van der Waals surface area (Å²) in [4.78, 5) is 21.0. The van der Waals surface area contributed by atoms with E-state index in [0.717, 1.165) is 0 Å². The fourth-order valence-electron chi connectivity index (χ4n) is 2.86. The zero-order chi connectivity index (χ0) is 21.0. The number of nitrogens with zero attached hydrogens (tertiary/aromatic N) is 2. The van der Waals surface area contributed by atoms with Crippen molar-refractivity contribution >= 4 is 28.3 Å². The fourth-order valence-corrected chi connectivity index (χ4v) is 2.86. The molecule has 29 heavy (non-hydrogen) atoms. The number of anilines is 2. The lowest BCUT2D eigenvalue weighted by atomic mass is 10.0. The van der Waals surface area contributed by atoms with Gasteiger partial charge in [0.2, 0.25) is 5.91 Å². The van der Waals surface area contributed by atoms with E-state index >= 15 is 0 Å². The molecule has 5 nitrogen and oxygen atoms in total. The second kappa shape index (κ2) is 8.77. The lowest BCUT2D eigenvalue weighted by molar-refractivity contribution is -0.119. The van der Waals surface area contributed by atoms with Crippen LogP contribution in [0.5, 0.6) is 0 Å². The molecule has 0 saturated carbocycles. The number of rotatable bonds is 7. The van der Waals surface area contributed by atoms with E-state index in [2.05, 4.69) is 27.2 Å². The lowest BCUT2D eigenvalue weighted by Crippen LogP contribution is -2.20. The number of benzene rings is 2. The Morgan fingerprint density at radius 2 is 1.76 bits per heavy atom. The maximum Gasteiger partial charge on any atom is 0.227 e. The van der Waals surface area contributed by atoms with Gasteiger partial charge in [-0.3, -0.25) is 4.79 Å². The van der Waals surface area contributed by atoms with Crippen molar-refractivity contribution < 1.29 is 13.6 Å². The largest absolute Gasteiger partial charge is 0.344 e. The topological polar surface area (TPSA) is 66.9 Å². The minimum Gasteiger partial charge on any atom is -0.344 e. The van der Waals surface area contributed by atoms with Crippen LogP contribution in [0.3, 0.4) is 0 Å². The number of hydrogen-bond donors (Lipinski definition) is 2. The van der Waals surface area contributed by atoms with Crippen LogP contribution in [0, 0.1) is 24.5 Å². The molecular weight excluding hydrogens is 374 g/mol. The Kier molecular flexibility index (Phi) is 6.16. The van der Waals surface area contributed by atoms with Crippen LogP contribution in [0.1, 0.15) is 25.6 Å². The highest BCUT2D eigenvalue weighted by Crippen LogP contribution is 2.24. The molecule has 0 aliphatic carbocycles. The third kappa shape index (κ3) is 5.34. The SMILES string of the molecule is C=C(CCC(C)C(=O)Nc1ccc(F)cc1)Nc1nc(C)nc2ccc(F)cc12. The van der Waals surface area contributed by atoms with Crippen molar-refractivity contribution in [1.29, 1.82) is 0 Å². The first-order valence-electron chi connectivity index (χ1n) is 9.27. The normalized spacial score (nSPS) is 11.9. The molecule has 0 aliphatic rings. The van der Waals surface area contributed by atoms with E-state index in [-0.39, 0.29) is 23.5 Å². The van der Waals surface area contributed by atoms with Gasteiger partial charge < -0.3 is 10.6 Å². The predicted molar refractivity (Wildman–Crippen MR) is 110 cm³/mol. The predicted octanol–water partition coefficient (Wildman–Crippen LogP) is 5.20. The van der Waals surface area contributed by atoms with Gasteiger partial charge in [-0.1, -0.05) is 13.5 Å². The third-order valence-electron chi connectivity index (χ3n) is 4.50. The quantitative estimate of drug-likeness (QED) is 0.576. The van der Waals surface area contributed by atoms with Crippen molar-refractivity contribution in [2.75, 3.05) is 10.6 Å². The minimum atomic E-state index is -0.371. The van der Waals surface area contributed by atoms with E-state index in [1.807, 2.05) is 6.92 Å². The Morgan fingerprint density at radius 3 is 2.48 bits per heavy atom. The lowest BCUT2D eigenvalue weighted by Gasteiger charge is -2.15. The van der Waals surface area contributed by atoms with Gasteiger partial charge in [0.15, 0.2) is 0 Å². The van der Waals surface area contributed by atoms with E-state index in [1.165, 1.54) is 36.4 Å². The van der Waals surface area contributed by atoms with Crippen molar-refractivity contribution in [3.05, 3.63) is 72.2 Å². The molecule has 1 atom stereocenters. The van der Waals surface area contributed by atoms with Crippen molar-refractivity contribution in [3.8, 4) is 0 Å². The molecule has 2 aromatic carbocycles. The zero-order valence-electron chi connectivity index (χ0n) is 16.3. The van der Waals surface area contributed by atoms with Gasteiger partial charge in [-0.25, -0.2) is 18.7 Å². The molecule has 1 unspecified atom stereocenters. The van der Waals surface area contributed by atoms with Gasteiger partial charge in [-0.2, -0.15) is 0 Å². The number of aryl methyl sites for hydroxylation is 1. The average Bonchev–Trinajstić information content (AvgIpc) is 2.68. The molecule has 0 bridgehead atoms. The standard InChI is InChI=1S/C22H22F2N4O/c1-13(22(29)28-18-9-6-16(23)7-10-18)4-5-14(2)25-21-19-12-17(24)8-11-20(19)26-15(3)27-21/h6-13H,2,4-5H2,1,3H3,(H,28,29)(H,25,26,27). The number of allylic oxidation sites excluding steroid dienone is 1. The zero-order valence-corrected chi connectivity index (χ0v) is 16.3. The van der Waals surface area contributed by atoms with Gasteiger partial charge in [-0.05, 0) is 62.2 Å². The van der Waals surface area contributed by atoms with Crippen LogP contribution in [-0.4, -0.2) is 15.9 Å². The minimum absolute atomic E-state index is 0.158. The summed E-state index contributed by atoms with van der Waals surface area (Å²) in [6.45, 7) is 7.57. The van der Waals surface area contributed by atoms with Gasteiger partial charge in [-0.15, -0.1) is 0 Å². The van der Waals surface area contributed by atoms with Crippen LogP contribution in [0.25, 0.3) is 10.9 Å². The first-order valence-corrected chi connectivity index (χ1v) is 9.27. The number of fused-ring (bicyclic) bond motifs is 1.